The van der Waals surface area contributed by atoms with E-state index in [1.165, 1.54) is 10.5 Å². The Labute approximate surface area is 185 Å². The van der Waals surface area contributed by atoms with Gasteiger partial charge in [-0.05, 0) is 29.8 Å². The molecule has 1 unspecified atom stereocenters. The Kier molecular flexibility index (Phi) is 8.00. The number of ether oxygens (including phenoxy) is 3. The minimum absolute atomic E-state index is 0.212. The Bertz CT molecular complexity index is 866. The van der Waals surface area contributed by atoms with Crippen LogP contribution in [-0.2, 0) is 11.2 Å². The Balaban J connectivity index is 1.46. The summed E-state index contributed by atoms with van der Waals surface area (Å²) in [5, 5.41) is 0. The lowest BCUT2D eigenvalue weighted by Gasteiger charge is -2.36. The molecule has 0 aromatic heterocycles. The van der Waals surface area contributed by atoms with E-state index in [0.717, 1.165) is 62.1 Å². The van der Waals surface area contributed by atoms with E-state index in [4.69, 9.17) is 14.2 Å². The summed E-state index contributed by atoms with van der Waals surface area (Å²) < 4.78 is 16.1. The van der Waals surface area contributed by atoms with Crippen molar-refractivity contribution in [2.75, 3.05) is 72.5 Å². The first kappa shape index (κ1) is 22.7. The highest BCUT2D eigenvalue weighted by Gasteiger charge is 2.24. The maximum atomic E-state index is 12.8. The highest BCUT2D eigenvalue weighted by atomic mass is 16.5. The second-order valence-corrected chi connectivity index (χ2v) is 7.86. The van der Waals surface area contributed by atoms with E-state index in [-0.39, 0.29) is 5.91 Å². The second-order valence-electron chi connectivity index (χ2n) is 7.86. The molecule has 1 aliphatic heterocycles. The molecule has 0 bridgehead atoms. The van der Waals surface area contributed by atoms with Crippen LogP contribution in [0.4, 0.5) is 5.69 Å². The SMILES string of the molecule is COc1ccc(CC[NH+](C)CC(=O)N2CCN(c3ccccc3OC)CC2)cc1OC. The van der Waals surface area contributed by atoms with Crippen LogP contribution in [0.15, 0.2) is 42.5 Å². The number of likely N-dealkylation sites (N-methyl/N-ethyl adjacent to an activating group) is 1. The minimum atomic E-state index is 0.212. The van der Waals surface area contributed by atoms with Crippen LogP contribution < -0.4 is 24.0 Å². The van der Waals surface area contributed by atoms with E-state index in [9.17, 15) is 4.79 Å². The highest BCUT2D eigenvalue weighted by molar-refractivity contribution is 5.77. The number of piperazine rings is 1. The third kappa shape index (κ3) is 5.82. The van der Waals surface area contributed by atoms with Gasteiger partial charge in [0.1, 0.15) is 5.75 Å². The molecule has 2 aromatic carbocycles. The molecule has 1 atom stereocenters. The van der Waals surface area contributed by atoms with Gasteiger partial charge in [0, 0.05) is 32.6 Å². The van der Waals surface area contributed by atoms with Crippen LogP contribution >= 0.6 is 0 Å². The van der Waals surface area contributed by atoms with Gasteiger partial charge in [0.25, 0.3) is 5.91 Å². The van der Waals surface area contributed by atoms with Crippen molar-refractivity contribution in [3.63, 3.8) is 0 Å². The van der Waals surface area contributed by atoms with Crippen molar-refractivity contribution in [3.05, 3.63) is 48.0 Å². The van der Waals surface area contributed by atoms with Gasteiger partial charge in [-0.2, -0.15) is 0 Å². The summed E-state index contributed by atoms with van der Waals surface area (Å²) in [6.07, 6.45) is 0.876. The fraction of sp³-hybridized carbons (Fsp3) is 0.458. The first-order valence-electron chi connectivity index (χ1n) is 10.7. The van der Waals surface area contributed by atoms with Gasteiger partial charge in [-0.25, -0.2) is 0 Å². The molecule has 1 saturated heterocycles. The van der Waals surface area contributed by atoms with Gasteiger partial charge in [-0.1, -0.05) is 18.2 Å². The van der Waals surface area contributed by atoms with Crippen LogP contribution in [0.2, 0.25) is 0 Å². The summed E-state index contributed by atoms with van der Waals surface area (Å²) >= 11 is 0. The van der Waals surface area contributed by atoms with Gasteiger partial charge in [0.2, 0.25) is 0 Å². The van der Waals surface area contributed by atoms with Crippen LogP contribution in [0.1, 0.15) is 5.56 Å². The van der Waals surface area contributed by atoms with E-state index in [1.807, 2.05) is 41.3 Å². The summed E-state index contributed by atoms with van der Waals surface area (Å²) in [7, 11) is 7.05. The zero-order valence-corrected chi connectivity index (χ0v) is 19.0. The molecule has 0 saturated carbocycles. The van der Waals surface area contributed by atoms with Gasteiger partial charge in [0.15, 0.2) is 18.0 Å². The molecule has 168 valence electrons. The van der Waals surface area contributed by atoms with Crippen LogP contribution in [-0.4, -0.2) is 78.5 Å². The quantitative estimate of drug-likeness (QED) is 0.649. The molecule has 7 nitrogen and oxygen atoms in total. The average molecular weight is 429 g/mol. The largest absolute Gasteiger partial charge is 0.495 e. The second kappa shape index (κ2) is 10.9. The van der Waals surface area contributed by atoms with Gasteiger partial charge in [0.05, 0.1) is 40.6 Å². The molecule has 1 aliphatic rings. The predicted octanol–water partition coefficient (Wildman–Crippen LogP) is 1.12. The number of methoxy groups -OCH3 is 3. The van der Waals surface area contributed by atoms with Crippen molar-refractivity contribution < 1.29 is 23.9 Å². The maximum absolute atomic E-state index is 12.8. The number of para-hydroxylation sites is 2. The standard InChI is InChI=1S/C24H33N3O4/c1-25(12-11-19-9-10-22(30-3)23(17-19)31-4)18-24(28)27-15-13-26(14-16-27)20-7-5-6-8-21(20)29-2/h5-10,17H,11-16,18H2,1-4H3/p+1. The minimum Gasteiger partial charge on any atom is -0.495 e. The van der Waals surface area contributed by atoms with E-state index in [0.29, 0.717) is 6.54 Å². The van der Waals surface area contributed by atoms with Crippen LogP contribution in [0, 0.1) is 0 Å². The summed E-state index contributed by atoms with van der Waals surface area (Å²) in [5.74, 6) is 2.56. The first-order valence-corrected chi connectivity index (χ1v) is 10.7. The molecule has 3 rings (SSSR count). The van der Waals surface area contributed by atoms with Crippen molar-refractivity contribution in [2.24, 2.45) is 0 Å². The Morgan fingerprint density at radius 3 is 2.26 bits per heavy atom. The third-order valence-electron chi connectivity index (χ3n) is 5.80. The molecule has 0 spiro atoms. The topological polar surface area (TPSA) is 55.7 Å². The molecule has 1 heterocycles. The zero-order chi connectivity index (χ0) is 22.2. The lowest BCUT2D eigenvalue weighted by atomic mass is 10.1. The lowest BCUT2D eigenvalue weighted by Crippen LogP contribution is -3.10. The molecular weight excluding hydrogens is 394 g/mol. The van der Waals surface area contributed by atoms with Gasteiger partial charge in [-0.3, -0.25) is 4.79 Å². The van der Waals surface area contributed by atoms with E-state index in [1.54, 1.807) is 21.3 Å². The van der Waals surface area contributed by atoms with Crippen molar-refractivity contribution >= 4 is 11.6 Å². The number of hydrogen-bond acceptors (Lipinski definition) is 5. The summed E-state index contributed by atoms with van der Waals surface area (Å²) in [6.45, 7) is 4.48. The number of carbonyl (C=O) groups excluding carboxylic acids is 1. The molecular formula is C24H34N3O4+. The number of anilines is 1. The molecule has 1 fully saturated rings. The van der Waals surface area contributed by atoms with Gasteiger partial charge < -0.3 is 28.9 Å². The van der Waals surface area contributed by atoms with Gasteiger partial charge in [-0.15, -0.1) is 0 Å². The molecule has 0 aliphatic carbocycles. The number of carbonyl (C=O) groups is 1. The predicted molar refractivity (Wildman–Crippen MR) is 122 cm³/mol. The molecule has 1 amide bonds. The van der Waals surface area contributed by atoms with Crippen molar-refractivity contribution in [2.45, 2.75) is 6.42 Å². The van der Waals surface area contributed by atoms with Crippen molar-refractivity contribution in [3.8, 4) is 17.2 Å². The summed E-state index contributed by atoms with van der Waals surface area (Å²) in [4.78, 5) is 18.3. The third-order valence-corrected chi connectivity index (χ3v) is 5.80. The molecule has 31 heavy (non-hydrogen) atoms. The number of amides is 1. The molecule has 2 aromatic rings. The Hall–Kier alpha value is -2.93. The van der Waals surface area contributed by atoms with Crippen LogP contribution in [0.25, 0.3) is 0 Å². The monoisotopic (exact) mass is 428 g/mol. The van der Waals surface area contributed by atoms with Crippen LogP contribution in [0.3, 0.4) is 0 Å². The lowest BCUT2D eigenvalue weighted by molar-refractivity contribution is -0.871. The number of nitrogens with zero attached hydrogens (tertiary/aromatic N) is 2. The zero-order valence-electron chi connectivity index (χ0n) is 19.0. The smallest absolute Gasteiger partial charge is 0.277 e. The van der Waals surface area contributed by atoms with E-state index >= 15 is 0 Å². The van der Waals surface area contributed by atoms with E-state index in [2.05, 4.69) is 18.0 Å². The first-order chi connectivity index (χ1) is 15.0. The number of quaternary nitrogens is 1. The Morgan fingerprint density at radius 1 is 0.903 bits per heavy atom. The number of benzene rings is 2. The molecule has 1 N–H and O–H groups in total. The molecule has 0 radical (unpaired) electrons. The van der Waals surface area contributed by atoms with Gasteiger partial charge >= 0.3 is 0 Å². The van der Waals surface area contributed by atoms with Crippen LogP contribution in [0.5, 0.6) is 17.2 Å². The summed E-state index contributed by atoms with van der Waals surface area (Å²) in [5.41, 5.74) is 2.27. The number of hydrogen-bond donors (Lipinski definition) is 1. The summed E-state index contributed by atoms with van der Waals surface area (Å²) in [6, 6.07) is 14.0. The number of nitrogens with one attached hydrogen (secondary N) is 1. The Morgan fingerprint density at radius 2 is 1.58 bits per heavy atom. The fourth-order valence-electron chi connectivity index (χ4n) is 3.94. The fourth-order valence-corrected chi connectivity index (χ4v) is 3.94. The van der Waals surface area contributed by atoms with Crippen molar-refractivity contribution in [1.29, 1.82) is 0 Å². The molecule has 7 heteroatoms. The maximum Gasteiger partial charge on any atom is 0.277 e. The highest BCUT2D eigenvalue weighted by Crippen LogP contribution is 2.28. The van der Waals surface area contributed by atoms with Crippen molar-refractivity contribution in [1.82, 2.24) is 4.90 Å². The van der Waals surface area contributed by atoms with E-state index < -0.39 is 0 Å². The average Bonchev–Trinajstić information content (AvgIpc) is 2.82. The number of rotatable bonds is 9. The normalized spacial score (nSPS) is 14.8.